The molecule has 0 amide bonds. The summed E-state index contributed by atoms with van der Waals surface area (Å²) in [6.07, 6.45) is 2.83. The summed E-state index contributed by atoms with van der Waals surface area (Å²) in [5, 5.41) is 10.6. The van der Waals surface area contributed by atoms with Crippen LogP contribution in [-0.2, 0) is 0 Å². The van der Waals surface area contributed by atoms with E-state index in [1.54, 1.807) is 12.4 Å². The molecule has 1 aliphatic heterocycles. The maximum Gasteiger partial charge on any atom is 0.167 e. The van der Waals surface area contributed by atoms with Crippen LogP contribution >= 0.6 is 0 Å². The molecule has 2 heterocycles. The normalized spacial score (nSPS) is 16.5. The maximum atomic E-state index is 10.6. The summed E-state index contributed by atoms with van der Waals surface area (Å²) in [7, 11) is 0. The van der Waals surface area contributed by atoms with E-state index < -0.39 is 6.10 Å². The Balaban J connectivity index is 1.93. The molecule has 2 unspecified atom stereocenters. The van der Waals surface area contributed by atoms with Gasteiger partial charge in [0.15, 0.2) is 11.5 Å². The summed E-state index contributed by atoms with van der Waals surface area (Å²) < 4.78 is 11.2. The molecule has 4 heteroatoms. The lowest BCUT2D eigenvalue weighted by Crippen LogP contribution is -2.18. The molecule has 3 rings (SSSR count). The van der Waals surface area contributed by atoms with Crippen LogP contribution < -0.4 is 9.47 Å². The van der Waals surface area contributed by atoms with Crippen LogP contribution in [0.15, 0.2) is 42.7 Å². The quantitative estimate of drug-likeness (QED) is 0.932. The number of aliphatic hydroxyl groups excluding tert-OH is 1. The molecule has 2 aromatic rings. The van der Waals surface area contributed by atoms with Crippen LogP contribution in [0.4, 0.5) is 0 Å². The van der Waals surface area contributed by atoms with Crippen molar-refractivity contribution in [2.24, 2.45) is 0 Å². The molecule has 0 bridgehead atoms. The average Bonchev–Trinajstić information content (AvgIpc) is 2.54. The van der Waals surface area contributed by atoms with Crippen molar-refractivity contribution in [2.45, 2.75) is 18.9 Å². The van der Waals surface area contributed by atoms with Crippen molar-refractivity contribution in [3.63, 3.8) is 0 Å². The molecule has 1 aromatic heterocycles. The molecule has 0 saturated heterocycles. The molecule has 4 nitrogen and oxygen atoms in total. The molecule has 1 aromatic carbocycles. The van der Waals surface area contributed by atoms with Crippen LogP contribution in [0.5, 0.6) is 11.5 Å². The highest BCUT2D eigenvalue weighted by molar-refractivity contribution is 5.49. The van der Waals surface area contributed by atoms with Crippen molar-refractivity contribution in [3.8, 4) is 11.5 Å². The van der Waals surface area contributed by atoms with Gasteiger partial charge in [0.1, 0.15) is 13.2 Å². The van der Waals surface area contributed by atoms with Crippen LogP contribution in [0.25, 0.3) is 0 Å². The lowest BCUT2D eigenvalue weighted by molar-refractivity contribution is 0.131. The molecular weight excluding hydrogens is 254 g/mol. The summed E-state index contributed by atoms with van der Waals surface area (Å²) >= 11 is 0. The average molecular weight is 271 g/mol. The van der Waals surface area contributed by atoms with Gasteiger partial charge in [-0.05, 0) is 23.8 Å². The highest BCUT2D eigenvalue weighted by Crippen LogP contribution is 2.41. The number of nitrogens with zero attached hydrogens (tertiary/aromatic N) is 1. The minimum absolute atomic E-state index is 0.0463. The monoisotopic (exact) mass is 271 g/mol. The number of pyridine rings is 1. The molecule has 20 heavy (non-hydrogen) atoms. The minimum Gasteiger partial charge on any atom is -0.486 e. The zero-order chi connectivity index (χ0) is 13.9. The number of aromatic nitrogens is 1. The second kappa shape index (κ2) is 5.51. The summed E-state index contributed by atoms with van der Waals surface area (Å²) in [6.45, 7) is 3.05. The van der Waals surface area contributed by atoms with E-state index in [1.807, 2.05) is 37.3 Å². The predicted octanol–water partition coefficient (Wildman–Crippen LogP) is 2.69. The van der Waals surface area contributed by atoms with E-state index >= 15 is 0 Å². The van der Waals surface area contributed by atoms with Gasteiger partial charge in [-0.2, -0.15) is 0 Å². The summed E-state index contributed by atoms with van der Waals surface area (Å²) in [5.41, 5.74) is 1.81. The molecule has 1 aliphatic rings. The largest absolute Gasteiger partial charge is 0.486 e. The highest BCUT2D eigenvalue weighted by Gasteiger charge is 2.25. The molecule has 0 aliphatic carbocycles. The van der Waals surface area contributed by atoms with Gasteiger partial charge in [0, 0.05) is 23.9 Å². The lowest BCUT2D eigenvalue weighted by Gasteiger charge is -2.25. The SMILES string of the molecule is CC(c1ccncc1)C(O)c1cccc2c1OCCO2. The van der Waals surface area contributed by atoms with Gasteiger partial charge < -0.3 is 14.6 Å². The van der Waals surface area contributed by atoms with Crippen LogP contribution in [0.3, 0.4) is 0 Å². The zero-order valence-electron chi connectivity index (χ0n) is 11.3. The van der Waals surface area contributed by atoms with Gasteiger partial charge in [0.05, 0.1) is 6.10 Å². The van der Waals surface area contributed by atoms with Crippen LogP contribution in [-0.4, -0.2) is 23.3 Å². The summed E-state index contributed by atoms with van der Waals surface area (Å²) in [5.74, 6) is 1.32. The standard InChI is InChI=1S/C16H17NO3/c1-11(12-5-7-17-8-6-12)15(18)13-3-2-4-14-16(13)20-10-9-19-14/h2-8,11,15,18H,9-10H2,1H3. The smallest absolute Gasteiger partial charge is 0.167 e. The van der Waals surface area contributed by atoms with E-state index in [0.717, 1.165) is 11.1 Å². The molecule has 0 saturated carbocycles. The van der Waals surface area contributed by atoms with Crippen molar-refractivity contribution in [2.75, 3.05) is 13.2 Å². The first kappa shape index (κ1) is 12.9. The van der Waals surface area contributed by atoms with Crippen molar-refractivity contribution in [3.05, 3.63) is 53.9 Å². The first-order valence-corrected chi connectivity index (χ1v) is 6.74. The van der Waals surface area contributed by atoms with Gasteiger partial charge in [0.2, 0.25) is 0 Å². The van der Waals surface area contributed by atoms with Crippen molar-refractivity contribution in [1.29, 1.82) is 0 Å². The van der Waals surface area contributed by atoms with Gasteiger partial charge in [0.25, 0.3) is 0 Å². The van der Waals surface area contributed by atoms with Crippen molar-refractivity contribution in [1.82, 2.24) is 4.98 Å². The Bertz CT molecular complexity index is 586. The highest BCUT2D eigenvalue weighted by atomic mass is 16.6. The van der Waals surface area contributed by atoms with Gasteiger partial charge in [-0.25, -0.2) is 0 Å². The molecule has 0 fully saturated rings. The maximum absolute atomic E-state index is 10.6. The molecular formula is C16H17NO3. The van der Waals surface area contributed by atoms with Crippen LogP contribution in [0, 0.1) is 0 Å². The fraction of sp³-hybridized carbons (Fsp3) is 0.312. The fourth-order valence-corrected chi connectivity index (χ4v) is 2.45. The third-order valence-electron chi connectivity index (χ3n) is 3.62. The van der Waals surface area contributed by atoms with E-state index in [2.05, 4.69) is 4.98 Å². The van der Waals surface area contributed by atoms with Crippen LogP contribution in [0.1, 0.15) is 30.1 Å². The number of ether oxygens (including phenoxy) is 2. The number of rotatable bonds is 3. The first-order chi connectivity index (χ1) is 9.77. The Labute approximate surface area is 118 Å². The number of benzene rings is 1. The van der Waals surface area contributed by atoms with E-state index in [9.17, 15) is 5.11 Å². The van der Waals surface area contributed by atoms with E-state index in [4.69, 9.17) is 9.47 Å². The van der Waals surface area contributed by atoms with Gasteiger partial charge >= 0.3 is 0 Å². The number of fused-ring (bicyclic) bond motifs is 1. The summed E-state index contributed by atoms with van der Waals surface area (Å²) in [4.78, 5) is 4.00. The molecule has 2 atom stereocenters. The lowest BCUT2D eigenvalue weighted by atomic mass is 9.91. The fourth-order valence-electron chi connectivity index (χ4n) is 2.45. The number of hydrogen-bond acceptors (Lipinski definition) is 4. The van der Waals surface area contributed by atoms with Gasteiger partial charge in [-0.15, -0.1) is 0 Å². The second-order valence-corrected chi connectivity index (χ2v) is 4.89. The summed E-state index contributed by atoms with van der Waals surface area (Å²) in [6, 6.07) is 9.46. The number of aliphatic hydroxyl groups is 1. The topological polar surface area (TPSA) is 51.6 Å². The van der Waals surface area contributed by atoms with E-state index in [0.29, 0.717) is 24.7 Å². The Kier molecular flexibility index (Phi) is 3.56. The van der Waals surface area contributed by atoms with Gasteiger partial charge in [-0.1, -0.05) is 19.1 Å². The van der Waals surface area contributed by atoms with Crippen molar-refractivity contribution < 1.29 is 14.6 Å². The molecule has 104 valence electrons. The Morgan fingerprint density at radius 2 is 1.85 bits per heavy atom. The Hall–Kier alpha value is -2.07. The third kappa shape index (κ3) is 2.34. The van der Waals surface area contributed by atoms with E-state index in [1.165, 1.54) is 0 Å². The first-order valence-electron chi connectivity index (χ1n) is 6.74. The molecule has 0 radical (unpaired) electrons. The Morgan fingerprint density at radius 3 is 2.65 bits per heavy atom. The Morgan fingerprint density at radius 1 is 1.10 bits per heavy atom. The van der Waals surface area contributed by atoms with E-state index in [-0.39, 0.29) is 5.92 Å². The zero-order valence-corrected chi connectivity index (χ0v) is 11.3. The third-order valence-corrected chi connectivity index (χ3v) is 3.62. The van der Waals surface area contributed by atoms with Crippen LogP contribution in [0.2, 0.25) is 0 Å². The van der Waals surface area contributed by atoms with Crippen molar-refractivity contribution >= 4 is 0 Å². The molecule has 0 spiro atoms. The minimum atomic E-state index is -0.644. The number of para-hydroxylation sites is 1. The number of hydrogen-bond donors (Lipinski definition) is 1. The second-order valence-electron chi connectivity index (χ2n) is 4.89. The predicted molar refractivity (Wildman–Crippen MR) is 75.0 cm³/mol. The van der Waals surface area contributed by atoms with Gasteiger partial charge in [-0.3, -0.25) is 4.98 Å². The molecule has 1 N–H and O–H groups in total.